The Kier molecular flexibility index (Phi) is 3.61. The van der Waals surface area contributed by atoms with Gasteiger partial charge in [-0.05, 0) is 12.1 Å². The topological polar surface area (TPSA) is 99.3 Å². The average molecular weight is 260 g/mol. The van der Waals surface area contributed by atoms with Crippen LogP contribution in [0.25, 0.3) is 10.9 Å². The summed E-state index contributed by atoms with van der Waals surface area (Å²) in [6.45, 7) is 0.0169. The molecule has 0 spiro atoms. The summed E-state index contributed by atoms with van der Waals surface area (Å²) in [4.78, 5) is 36.7. The number of carboxylic acid groups (broad SMARTS) is 1. The zero-order valence-corrected chi connectivity index (χ0v) is 9.97. The van der Waals surface area contributed by atoms with Crippen molar-refractivity contribution in [1.82, 2.24) is 10.3 Å². The van der Waals surface area contributed by atoms with Gasteiger partial charge in [-0.15, -0.1) is 0 Å². The fraction of sp³-hybridized carbons (Fsp3) is 0.154. The number of nitrogens with one attached hydrogen (secondary N) is 2. The van der Waals surface area contributed by atoms with Crippen molar-refractivity contribution in [2.45, 2.75) is 6.42 Å². The van der Waals surface area contributed by atoms with Crippen LogP contribution in [-0.2, 0) is 4.79 Å². The van der Waals surface area contributed by atoms with Crippen molar-refractivity contribution in [3.63, 3.8) is 0 Å². The van der Waals surface area contributed by atoms with Gasteiger partial charge in [-0.3, -0.25) is 14.4 Å². The number of aromatic amines is 1. The van der Waals surface area contributed by atoms with Gasteiger partial charge < -0.3 is 15.4 Å². The Balaban J connectivity index is 2.23. The second kappa shape index (κ2) is 5.34. The number of aliphatic carboxylic acids is 1. The lowest BCUT2D eigenvalue weighted by molar-refractivity contribution is -0.136. The van der Waals surface area contributed by atoms with Crippen LogP contribution in [0.2, 0.25) is 0 Å². The molecule has 0 saturated carbocycles. The van der Waals surface area contributed by atoms with Crippen LogP contribution in [0.1, 0.15) is 16.9 Å². The first kappa shape index (κ1) is 12.8. The smallest absolute Gasteiger partial charge is 0.305 e. The number of carboxylic acids is 1. The average Bonchev–Trinajstić information content (AvgIpc) is 2.38. The third-order valence-electron chi connectivity index (χ3n) is 2.61. The highest BCUT2D eigenvalue weighted by atomic mass is 16.4. The fourth-order valence-corrected chi connectivity index (χ4v) is 1.70. The predicted molar refractivity (Wildman–Crippen MR) is 69.2 cm³/mol. The number of rotatable bonds is 4. The Hall–Kier alpha value is -2.63. The number of benzene rings is 1. The van der Waals surface area contributed by atoms with Gasteiger partial charge in [0.15, 0.2) is 5.43 Å². The molecule has 0 aliphatic carbocycles. The van der Waals surface area contributed by atoms with E-state index < -0.39 is 11.9 Å². The van der Waals surface area contributed by atoms with E-state index in [4.69, 9.17) is 5.11 Å². The minimum absolute atomic E-state index is 0.0169. The van der Waals surface area contributed by atoms with Crippen LogP contribution < -0.4 is 10.7 Å². The lowest BCUT2D eigenvalue weighted by Gasteiger charge is -2.05. The van der Waals surface area contributed by atoms with E-state index in [1.54, 1.807) is 24.3 Å². The van der Waals surface area contributed by atoms with Gasteiger partial charge in [-0.2, -0.15) is 0 Å². The highest BCUT2D eigenvalue weighted by Crippen LogP contribution is 2.07. The Bertz CT molecular complexity index is 690. The van der Waals surface area contributed by atoms with E-state index in [-0.39, 0.29) is 24.1 Å². The lowest BCUT2D eigenvalue weighted by Crippen LogP contribution is -2.27. The van der Waals surface area contributed by atoms with E-state index >= 15 is 0 Å². The Morgan fingerprint density at radius 2 is 2.00 bits per heavy atom. The number of amides is 1. The molecule has 0 aliphatic rings. The van der Waals surface area contributed by atoms with Crippen LogP contribution in [-0.4, -0.2) is 28.5 Å². The standard InChI is InChI=1S/C13H12N2O4/c16-11-7-10(13(19)14-6-5-12(17)18)15-9-4-2-1-3-8(9)11/h1-4,7H,5-6H2,(H,14,19)(H,15,16)(H,17,18). The van der Waals surface area contributed by atoms with E-state index in [0.29, 0.717) is 10.9 Å². The third-order valence-corrected chi connectivity index (χ3v) is 2.61. The summed E-state index contributed by atoms with van der Waals surface area (Å²) in [5, 5.41) is 11.4. The van der Waals surface area contributed by atoms with Gasteiger partial charge in [0.1, 0.15) is 5.69 Å². The van der Waals surface area contributed by atoms with Crippen molar-refractivity contribution >= 4 is 22.8 Å². The SMILES string of the molecule is O=C(O)CCNC(=O)c1cc(=O)c2ccccc2[nH]1. The quantitative estimate of drug-likeness (QED) is 0.754. The molecule has 6 nitrogen and oxygen atoms in total. The molecule has 0 atom stereocenters. The normalized spacial score (nSPS) is 10.3. The third kappa shape index (κ3) is 2.98. The number of aromatic nitrogens is 1. The molecule has 6 heteroatoms. The number of carbonyl (C=O) groups excluding carboxylic acids is 1. The minimum Gasteiger partial charge on any atom is -0.481 e. The van der Waals surface area contributed by atoms with Crippen molar-refractivity contribution in [3.05, 3.63) is 46.2 Å². The van der Waals surface area contributed by atoms with Gasteiger partial charge in [0.05, 0.1) is 6.42 Å². The second-order valence-electron chi connectivity index (χ2n) is 3.99. The van der Waals surface area contributed by atoms with Gasteiger partial charge in [0.25, 0.3) is 5.91 Å². The molecular weight excluding hydrogens is 248 g/mol. The van der Waals surface area contributed by atoms with Crippen LogP contribution in [0.5, 0.6) is 0 Å². The molecule has 2 rings (SSSR count). The minimum atomic E-state index is -0.993. The van der Waals surface area contributed by atoms with Gasteiger partial charge in [0, 0.05) is 23.5 Å². The Morgan fingerprint density at radius 3 is 2.74 bits per heavy atom. The molecule has 98 valence electrons. The van der Waals surface area contributed by atoms with E-state index in [1.165, 1.54) is 6.07 Å². The molecule has 0 bridgehead atoms. The number of H-pyrrole nitrogens is 1. The zero-order valence-electron chi connectivity index (χ0n) is 9.97. The highest BCUT2D eigenvalue weighted by molar-refractivity contribution is 5.94. The number of fused-ring (bicyclic) bond motifs is 1. The summed E-state index contributed by atoms with van der Waals surface area (Å²) in [7, 11) is 0. The second-order valence-corrected chi connectivity index (χ2v) is 3.99. The first-order valence-corrected chi connectivity index (χ1v) is 5.70. The van der Waals surface area contributed by atoms with Crippen molar-refractivity contribution in [2.24, 2.45) is 0 Å². The molecule has 1 aromatic heterocycles. The molecule has 0 unspecified atom stereocenters. The van der Waals surface area contributed by atoms with Crippen molar-refractivity contribution in [1.29, 1.82) is 0 Å². The monoisotopic (exact) mass is 260 g/mol. The molecule has 19 heavy (non-hydrogen) atoms. The van der Waals surface area contributed by atoms with Crippen LogP contribution in [0.3, 0.4) is 0 Å². The number of carbonyl (C=O) groups is 2. The molecule has 1 aromatic carbocycles. The largest absolute Gasteiger partial charge is 0.481 e. The summed E-state index contributed by atoms with van der Waals surface area (Å²) < 4.78 is 0. The van der Waals surface area contributed by atoms with Gasteiger partial charge in [-0.25, -0.2) is 0 Å². The number of hydrogen-bond donors (Lipinski definition) is 3. The molecule has 0 saturated heterocycles. The Labute approximate surface area is 108 Å². The summed E-state index contributed by atoms with van der Waals surface area (Å²) in [5.41, 5.74) is 0.435. The van der Waals surface area contributed by atoms with Crippen molar-refractivity contribution < 1.29 is 14.7 Å². The molecule has 3 N–H and O–H groups in total. The molecule has 2 aromatic rings. The molecule has 0 fully saturated rings. The number of hydrogen-bond acceptors (Lipinski definition) is 3. The molecule has 0 aliphatic heterocycles. The summed E-state index contributed by atoms with van der Waals surface area (Å²) in [6, 6.07) is 8.07. The van der Waals surface area contributed by atoms with Crippen molar-refractivity contribution in [2.75, 3.05) is 6.54 Å². The van der Waals surface area contributed by atoms with Crippen LogP contribution in [0.4, 0.5) is 0 Å². The van der Waals surface area contributed by atoms with Crippen molar-refractivity contribution in [3.8, 4) is 0 Å². The number of para-hydroxylation sites is 1. The Morgan fingerprint density at radius 1 is 1.26 bits per heavy atom. The zero-order chi connectivity index (χ0) is 13.8. The summed E-state index contributed by atoms with van der Waals surface area (Å²) in [6.07, 6.45) is -0.163. The van der Waals surface area contributed by atoms with Gasteiger partial charge in [-0.1, -0.05) is 12.1 Å². The maximum absolute atomic E-state index is 11.8. The highest BCUT2D eigenvalue weighted by Gasteiger charge is 2.09. The van der Waals surface area contributed by atoms with Crippen LogP contribution >= 0.6 is 0 Å². The van der Waals surface area contributed by atoms with Gasteiger partial charge in [0.2, 0.25) is 0 Å². The van der Waals surface area contributed by atoms with Gasteiger partial charge >= 0.3 is 5.97 Å². The molecule has 0 radical (unpaired) electrons. The fourth-order valence-electron chi connectivity index (χ4n) is 1.70. The van der Waals surface area contributed by atoms with Crippen LogP contribution in [0.15, 0.2) is 35.1 Å². The first-order valence-electron chi connectivity index (χ1n) is 5.70. The van der Waals surface area contributed by atoms with E-state index in [2.05, 4.69) is 10.3 Å². The van der Waals surface area contributed by atoms with E-state index in [1.807, 2.05) is 0 Å². The number of pyridine rings is 1. The van der Waals surface area contributed by atoms with Crippen LogP contribution in [0, 0.1) is 0 Å². The predicted octanol–water partition coefficient (Wildman–Crippen LogP) is 0.733. The summed E-state index contributed by atoms with van der Waals surface area (Å²) in [5.74, 6) is -1.49. The van der Waals surface area contributed by atoms with E-state index in [9.17, 15) is 14.4 Å². The summed E-state index contributed by atoms with van der Waals surface area (Å²) >= 11 is 0. The first-order chi connectivity index (χ1) is 9.08. The lowest BCUT2D eigenvalue weighted by atomic mass is 10.2. The molecule has 1 heterocycles. The maximum atomic E-state index is 11.8. The molecule has 1 amide bonds. The maximum Gasteiger partial charge on any atom is 0.305 e. The van der Waals surface area contributed by atoms with E-state index in [0.717, 1.165) is 0 Å². The molecular formula is C13H12N2O4.